The van der Waals surface area contributed by atoms with Crippen LogP contribution in [0.25, 0.3) is 11.0 Å². The average molecular weight is 528 g/mol. The molecular formula is C30H33N5O4. The van der Waals surface area contributed by atoms with Crippen molar-refractivity contribution in [3.8, 4) is 11.5 Å². The summed E-state index contributed by atoms with van der Waals surface area (Å²) in [5, 5.41) is 11.6. The number of benzene rings is 3. The topological polar surface area (TPSA) is 98.6 Å². The normalized spacial score (nSPS) is 14.2. The van der Waals surface area contributed by atoms with Gasteiger partial charge in [0.15, 0.2) is 11.5 Å². The van der Waals surface area contributed by atoms with Crippen LogP contribution >= 0.6 is 0 Å². The van der Waals surface area contributed by atoms with E-state index < -0.39 is 6.04 Å². The van der Waals surface area contributed by atoms with Gasteiger partial charge in [0.05, 0.1) is 19.7 Å². The van der Waals surface area contributed by atoms with E-state index in [0.717, 1.165) is 36.8 Å². The maximum absolute atomic E-state index is 14.3. The van der Waals surface area contributed by atoms with Crippen LogP contribution in [0.3, 0.4) is 0 Å². The van der Waals surface area contributed by atoms with E-state index in [2.05, 4.69) is 15.6 Å². The lowest BCUT2D eigenvalue weighted by Gasteiger charge is -2.33. The Hall–Kier alpha value is -4.40. The van der Waals surface area contributed by atoms with Gasteiger partial charge in [-0.2, -0.15) is 0 Å². The van der Waals surface area contributed by atoms with Crippen LogP contribution in [0.5, 0.6) is 11.5 Å². The Morgan fingerprint density at radius 2 is 1.79 bits per heavy atom. The first-order valence-electron chi connectivity index (χ1n) is 13.2. The summed E-state index contributed by atoms with van der Waals surface area (Å²) < 4.78 is 12.9. The SMILES string of the molecule is COc1cccc([C@H](C(=O)NC2CCCC2)N(C(=O)Cn2nnc3ccccc32)c2cccc(C)c2)c1OC. The summed E-state index contributed by atoms with van der Waals surface area (Å²) >= 11 is 0. The van der Waals surface area contributed by atoms with Crippen LogP contribution in [0, 0.1) is 6.92 Å². The first-order chi connectivity index (χ1) is 19.0. The maximum atomic E-state index is 14.3. The molecule has 4 aromatic rings. The standard InChI is InChI=1S/C30H33N5O4/c1-20-10-8-13-22(18-20)35(27(36)19-34-25-16-7-6-15-24(25)32-33-34)28(30(37)31-21-11-4-5-12-21)23-14-9-17-26(38-2)29(23)39-3/h6-10,13-18,21,28H,4-5,11-12,19H2,1-3H3,(H,31,37)/t28-/m1/s1. The second-order valence-electron chi connectivity index (χ2n) is 9.81. The van der Waals surface area contributed by atoms with Crippen molar-refractivity contribution in [2.24, 2.45) is 0 Å². The Morgan fingerprint density at radius 3 is 2.54 bits per heavy atom. The zero-order valence-electron chi connectivity index (χ0n) is 22.5. The zero-order valence-corrected chi connectivity index (χ0v) is 22.5. The van der Waals surface area contributed by atoms with Gasteiger partial charge < -0.3 is 14.8 Å². The Morgan fingerprint density at radius 1 is 1.03 bits per heavy atom. The number of nitrogens with zero attached hydrogens (tertiary/aromatic N) is 4. The quantitative estimate of drug-likeness (QED) is 0.342. The molecule has 1 aromatic heterocycles. The summed E-state index contributed by atoms with van der Waals surface area (Å²) in [6, 6.07) is 19.5. The number of ether oxygens (including phenoxy) is 2. The number of hydrogen-bond donors (Lipinski definition) is 1. The van der Waals surface area contributed by atoms with Crippen molar-refractivity contribution in [3.05, 3.63) is 77.9 Å². The zero-order chi connectivity index (χ0) is 27.4. The van der Waals surface area contributed by atoms with Crippen molar-refractivity contribution in [3.63, 3.8) is 0 Å². The Kier molecular flexibility index (Phi) is 7.76. The average Bonchev–Trinajstić information content (AvgIpc) is 3.61. The number of para-hydroxylation sites is 2. The van der Waals surface area contributed by atoms with Crippen molar-refractivity contribution >= 4 is 28.5 Å². The van der Waals surface area contributed by atoms with Gasteiger partial charge >= 0.3 is 0 Å². The molecule has 0 unspecified atom stereocenters. The van der Waals surface area contributed by atoms with Crippen LogP contribution in [0.2, 0.25) is 0 Å². The van der Waals surface area contributed by atoms with Crippen LogP contribution in [0.1, 0.15) is 42.9 Å². The third kappa shape index (κ3) is 5.43. The van der Waals surface area contributed by atoms with Gasteiger partial charge in [-0.15, -0.1) is 5.10 Å². The molecule has 9 nitrogen and oxygen atoms in total. The molecule has 1 aliphatic rings. The van der Waals surface area contributed by atoms with E-state index in [-0.39, 0.29) is 24.4 Å². The Labute approximate surface area is 227 Å². The van der Waals surface area contributed by atoms with E-state index in [0.29, 0.717) is 28.3 Å². The third-order valence-electron chi connectivity index (χ3n) is 7.19. The maximum Gasteiger partial charge on any atom is 0.249 e. The first kappa shape index (κ1) is 26.2. The highest BCUT2D eigenvalue weighted by molar-refractivity contribution is 6.02. The molecule has 39 heavy (non-hydrogen) atoms. The number of hydrogen-bond acceptors (Lipinski definition) is 6. The summed E-state index contributed by atoms with van der Waals surface area (Å²) in [7, 11) is 3.09. The molecule has 3 aromatic carbocycles. The second kappa shape index (κ2) is 11.6. The van der Waals surface area contributed by atoms with Crippen molar-refractivity contribution in [1.29, 1.82) is 0 Å². The molecule has 0 saturated heterocycles. The lowest BCUT2D eigenvalue weighted by Crippen LogP contribution is -2.47. The highest BCUT2D eigenvalue weighted by Gasteiger charge is 2.37. The largest absolute Gasteiger partial charge is 0.493 e. The van der Waals surface area contributed by atoms with Gasteiger partial charge in [-0.25, -0.2) is 4.68 Å². The number of carbonyl (C=O) groups is 2. The van der Waals surface area contributed by atoms with Crippen molar-refractivity contribution in [1.82, 2.24) is 20.3 Å². The Bertz CT molecular complexity index is 1480. The van der Waals surface area contributed by atoms with Crippen LogP contribution < -0.4 is 19.7 Å². The lowest BCUT2D eigenvalue weighted by molar-refractivity contribution is -0.127. The Balaban J connectivity index is 1.64. The number of amides is 2. The van der Waals surface area contributed by atoms with E-state index in [1.165, 1.54) is 7.11 Å². The molecule has 1 aliphatic carbocycles. The molecule has 1 atom stereocenters. The number of methoxy groups -OCH3 is 2. The van der Waals surface area contributed by atoms with Crippen molar-refractivity contribution in [2.45, 2.75) is 51.2 Å². The van der Waals surface area contributed by atoms with E-state index in [9.17, 15) is 9.59 Å². The monoisotopic (exact) mass is 527 g/mol. The summed E-state index contributed by atoms with van der Waals surface area (Å²) in [6.07, 6.45) is 3.96. The minimum Gasteiger partial charge on any atom is -0.493 e. The minimum absolute atomic E-state index is 0.0605. The molecular weight excluding hydrogens is 494 g/mol. The highest BCUT2D eigenvalue weighted by atomic mass is 16.5. The number of nitrogens with one attached hydrogen (secondary N) is 1. The molecule has 2 amide bonds. The van der Waals surface area contributed by atoms with Crippen molar-refractivity contribution in [2.75, 3.05) is 19.1 Å². The molecule has 9 heteroatoms. The van der Waals surface area contributed by atoms with Crippen LogP contribution in [0.4, 0.5) is 5.69 Å². The highest BCUT2D eigenvalue weighted by Crippen LogP contribution is 2.39. The summed E-state index contributed by atoms with van der Waals surface area (Å²) in [5.74, 6) is 0.301. The molecule has 0 spiro atoms. The van der Waals surface area contributed by atoms with E-state index in [1.54, 1.807) is 34.9 Å². The van der Waals surface area contributed by atoms with Gasteiger partial charge in [-0.1, -0.05) is 54.5 Å². The first-order valence-corrected chi connectivity index (χ1v) is 13.2. The van der Waals surface area contributed by atoms with Gasteiger partial charge in [0.2, 0.25) is 11.8 Å². The van der Waals surface area contributed by atoms with Gasteiger partial charge in [0.1, 0.15) is 18.1 Å². The molecule has 1 N–H and O–H groups in total. The molecule has 202 valence electrons. The summed E-state index contributed by atoms with van der Waals surface area (Å²) in [6.45, 7) is 1.85. The van der Waals surface area contributed by atoms with Gasteiger partial charge in [-0.05, 0) is 55.7 Å². The van der Waals surface area contributed by atoms with Gasteiger partial charge in [0, 0.05) is 17.3 Å². The molecule has 1 heterocycles. The van der Waals surface area contributed by atoms with E-state index >= 15 is 0 Å². The van der Waals surface area contributed by atoms with Gasteiger partial charge in [0.25, 0.3) is 0 Å². The fourth-order valence-corrected chi connectivity index (χ4v) is 5.33. The second-order valence-corrected chi connectivity index (χ2v) is 9.81. The molecule has 0 radical (unpaired) electrons. The minimum atomic E-state index is -1.01. The molecule has 1 fully saturated rings. The van der Waals surface area contributed by atoms with E-state index in [1.807, 2.05) is 55.5 Å². The van der Waals surface area contributed by atoms with Crippen LogP contribution in [-0.2, 0) is 16.1 Å². The van der Waals surface area contributed by atoms with Crippen LogP contribution in [-0.4, -0.2) is 47.1 Å². The number of carbonyl (C=O) groups excluding carboxylic acids is 2. The molecule has 1 saturated carbocycles. The van der Waals surface area contributed by atoms with E-state index in [4.69, 9.17) is 9.47 Å². The predicted molar refractivity (Wildman–Crippen MR) is 149 cm³/mol. The van der Waals surface area contributed by atoms with Crippen LogP contribution in [0.15, 0.2) is 66.7 Å². The summed E-state index contributed by atoms with van der Waals surface area (Å²) in [5.41, 5.74) is 3.52. The number of anilines is 1. The number of fused-ring (bicyclic) bond motifs is 1. The molecule has 0 aliphatic heterocycles. The predicted octanol–water partition coefficient (Wildman–Crippen LogP) is 4.59. The molecule has 5 rings (SSSR count). The number of aromatic nitrogens is 3. The third-order valence-corrected chi connectivity index (χ3v) is 7.19. The fraction of sp³-hybridized carbons (Fsp3) is 0.333. The number of aryl methyl sites for hydroxylation is 1. The fourth-order valence-electron chi connectivity index (χ4n) is 5.33. The number of rotatable bonds is 9. The smallest absolute Gasteiger partial charge is 0.249 e. The summed E-state index contributed by atoms with van der Waals surface area (Å²) in [4.78, 5) is 30.0. The van der Waals surface area contributed by atoms with Crippen molar-refractivity contribution < 1.29 is 19.1 Å². The molecule has 0 bridgehead atoms. The lowest BCUT2D eigenvalue weighted by atomic mass is 10.00. The van der Waals surface area contributed by atoms with Gasteiger partial charge in [-0.3, -0.25) is 14.5 Å².